The quantitative estimate of drug-likeness (QED) is 0.589. The van der Waals surface area contributed by atoms with Crippen LogP contribution in [0.1, 0.15) is 39.0 Å². The highest BCUT2D eigenvalue weighted by Crippen LogP contribution is 2.23. The molecule has 154 valence electrons. The molecule has 0 aliphatic heterocycles. The van der Waals surface area contributed by atoms with Crippen LogP contribution in [-0.4, -0.2) is 34.0 Å². The minimum Gasteiger partial charge on any atom is -0.507 e. The topological polar surface area (TPSA) is 77.8 Å². The zero-order valence-corrected chi connectivity index (χ0v) is 16.9. The second-order valence-corrected chi connectivity index (χ2v) is 7.39. The second-order valence-electron chi connectivity index (χ2n) is 7.39. The summed E-state index contributed by atoms with van der Waals surface area (Å²) in [4.78, 5) is 25.1. The van der Waals surface area contributed by atoms with E-state index in [1.807, 2.05) is 60.7 Å². The van der Waals surface area contributed by atoms with Crippen molar-refractivity contribution in [1.82, 2.24) is 4.90 Å². The number of carbonyl (C=O) groups is 2. The lowest BCUT2D eigenvalue weighted by atomic mass is 10.00. The normalized spacial score (nSPS) is 10.6. The summed E-state index contributed by atoms with van der Waals surface area (Å²) in [5, 5.41) is 19.0. The van der Waals surface area contributed by atoms with Crippen LogP contribution < -0.4 is 0 Å². The van der Waals surface area contributed by atoms with E-state index >= 15 is 0 Å². The Hall–Kier alpha value is -3.60. The van der Waals surface area contributed by atoms with Gasteiger partial charge in [-0.15, -0.1) is 0 Å². The summed E-state index contributed by atoms with van der Waals surface area (Å²) in [5.41, 5.74) is 4.25. The third-order valence-electron chi connectivity index (χ3n) is 4.96. The number of rotatable bonds is 8. The van der Waals surface area contributed by atoms with Crippen LogP contribution >= 0.6 is 0 Å². The molecule has 0 bridgehead atoms. The van der Waals surface area contributed by atoms with Crippen molar-refractivity contribution < 1.29 is 19.8 Å². The smallest absolute Gasteiger partial charge is 0.303 e. The van der Waals surface area contributed by atoms with Crippen molar-refractivity contribution in [3.8, 4) is 5.75 Å². The Morgan fingerprint density at radius 1 is 0.833 bits per heavy atom. The van der Waals surface area contributed by atoms with Gasteiger partial charge in [-0.25, -0.2) is 0 Å². The number of nitrogens with zero attached hydrogens (tertiary/aromatic N) is 1. The molecule has 0 heterocycles. The van der Waals surface area contributed by atoms with Crippen molar-refractivity contribution in [2.45, 2.75) is 25.8 Å². The first-order valence-corrected chi connectivity index (χ1v) is 9.83. The molecule has 3 rings (SSSR count). The highest BCUT2D eigenvalue weighted by Gasteiger charge is 2.17. The predicted octanol–water partition coefficient (Wildman–Crippen LogP) is 4.27. The van der Waals surface area contributed by atoms with Crippen molar-refractivity contribution in [2.75, 3.05) is 7.05 Å². The SMILES string of the molecule is CN(Cc1ccccc1)C(=O)c1cc(Cc2ccc(CCC(=O)O)cc2)ccc1O. The monoisotopic (exact) mass is 403 g/mol. The van der Waals surface area contributed by atoms with Crippen LogP contribution in [0.15, 0.2) is 72.8 Å². The van der Waals surface area contributed by atoms with Gasteiger partial charge in [0.1, 0.15) is 5.75 Å². The number of phenolic OH excluding ortho intramolecular Hbond substituents is 1. The number of phenols is 1. The lowest BCUT2D eigenvalue weighted by Crippen LogP contribution is -2.26. The fraction of sp³-hybridized carbons (Fsp3) is 0.200. The first kappa shape index (κ1) is 21.1. The molecule has 0 saturated heterocycles. The van der Waals surface area contributed by atoms with Crippen LogP contribution in [0.3, 0.4) is 0 Å². The van der Waals surface area contributed by atoms with E-state index in [2.05, 4.69) is 0 Å². The maximum atomic E-state index is 12.9. The third-order valence-corrected chi connectivity index (χ3v) is 4.96. The van der Waals surface area contributed by atoms with Gasteiger partial charge in [0.25, 0.3) is 5.91 Å². The Balaban J connectivity index is 1.70. The molecule has 30 heavy (non-hydrogen) atoms. The van der Waals surface area contributed by atoms with Crippen molar-refractivity contribution in [3.63, 3.8) is 0 Å². The Kier molecular flexibility index (Phi) is 6.86. The molecule has 0 aliphatic rings. The van der Waals surface area contributed by atoms with E-state index in [-0.39, 0.29) is 23.6 Å². The zero-order valence-electron chi connectivity index (χ0n) is 16.9. The first-order chi connectivity index (χ1) is 14.4. The molecule has 0 aromatic heterocycles. The molecule has 0 atom stereocenters. The van der Waals surface area contributed by atoms with Gasteiger partial charge in [0.2, 0.25) is 0 Å². The minimum absolute atomic E-state index is 0.0346. The lowest BCUT2D eigenvalue weighted by molar-refractivity contribution is -0.136. The van der Waals surface area contributed by atoms with Gasteiger partial charge in [0, 0.05) is 20.0 Å². The van der Waals surface area contributed by atoms with Crippen LogP contribution in [0.4, 0.5) is 0 Å². The summed E-state index contributed by atoms with van der Waals surface area (Å²) in [5.74, 6) is -1.08. The summed E-state index contributed by atoms with van der Waals surface area (Å²) in [6.45, 7) is 0.459. The molecule has 0 unspecified atom stereocenters. The summed E-state index contributed by atoms with van der Waals surface area (Å²) in [7, 11) is 1.72. The molecule has 5 nitrogen and oxygen atoms in total. The number of carboxylic acids is 1. The second kappa shape index (κ2) is 9.74. The number of carbonyl (C=O) groups excluding carboxylic acids is 1. The van der Waals surface area contributed by atoms with Gasteiger partial charge in [-0.1, -0.05) is 60.7 Å². The predicted molar refractivity (Wildman–Crippen MR) is 116 cm³/mol. The molecule has 2 N–H and O–H groups in total. The van der Waals surface area contributed by atoms with Crippen LogP contribution in [0.5, 0.6) is 5.75 Å². The average Bonchev–Trinajstić information content (AvgIpc) is 2.74. The van der Waals surface area contributed by atoms with Gasteiger partial charge in [-0.2, -0.15) is 0 Å². The summed E-state index contributed by atoms with van der Waals surface area (Å²) >= 11 is 0. The number of benzene rings is 3. The highest BCUT2D eigenvalue weighted by molar-refractivity contribution is 5.96. The van der Waals surface area contributed by atoms with Crippen LogP contribution in [0.25, 0.3) is 0 Å². The van der Waals surface area contributed by atoms with E-state index in [1.165, 1.54) is 0 Å². The van der Waals surface area contributed by atoms with Gasteiger partial charge in [0.05, 0.1) is 5.56 Å². The maximum Gasteiger partial charge on any atom is 0.303 e. The van der Waals surface area contributed by atoms with E-state index in [9.17, 15) is 14.7 Å². The number of aromatic hydroxyl groups is 1. The van der Waals surface area contributed by atoms with Gasteiger partial charge in [-0.05, 0) is 47.2 Å². The fourth-order valence-corrected chi connectivity index (χ4v) is 3.31. The van der Waals surface area contributed by atoms with E-state index in [0.717, 1.165) is 22.3 Å². The van der Waals surface area contributed by atoms with Gasteiger partial charge >= 0.3 is 5.97 Å². The molecule has 5 heteroatoms. The molecule has 3 aromatic carbocycles. The molecule has 3 aromatic rings. The standard InChI is InChI=1S/C25H25NO4/c1-26(17-20-5-3-2-4-6-20)25(30)22-16-21(11-13-23(22)27)15-19-9-7-18(8-10-19)12-14-24(28)29/h2-11,13,16,27H,12,14-15,17H2,1H3,(H,28,29). The van der Waals surface area contributed by atoms with Gasteiger partial charge in [0.15, 0.2) is 0 Å². The Morgan fingerprint density at radius 2 is 1.47 bits per heavy atom. The number of amides is 1. The lowest BCUT2D eigenvalue weighted by Gasteiger charge is -2.18. The number of aliphatic carboxylic acids is 1. The van der Waals surface area contributed by atoms with Crippen molar-refractivity contribution in [1.29, 1.82) is 0 Å². The maximum absolute atomic E-state index is 12.9. The minimum atomic E-state index is -0.808. The number of hydrogen-bond donors (Lipinski definition) is 2. The Labute approximate surface area is 176 Å². The largest absolute Gasteiger partial charge is 0.507 e. The number of aryl methyl sites for hydroxylation is 1. The molecule has 0 radical (unpaired) electrons. The Morgan fingerprint density at radius 3 is 2.13 bits per heavy atom. The van der Waals surface area contributed by atoms with Gasteiger partial charge < -0.3 is 15.1 Å². The van der Waals surface area contributed by atoms with Crippen molar-refractivity contribution in [3.05, 3.63) is 101 Å². The van der Waals surface area contributed by atoms with E-state index in [0.29, 0.717) is 19.4 Å². The fourth-order valence-electron chi connectivity index (χ4n) is 3.31. The van der Waals surface area contributed by atoms with E-state index in [4.69, 9.17) is 5.11 Å². The third kappa shape index (κ3) is 5.70. The summed E-state index contributed by atoms with van der Waals surface area (Å²) in [6, 6.07) is 22.6. The summed E-state index contributed by atoms with van der Waals surface area (Å²) < 4.78 is 0. The van der Waals surface area contributed by atoms with Crippen LogP contribution in [-0.2, 0) is 24.2 Å². The molecule has 0 spiro atoms. The average molecular weight is 403 g/mol. The first-order valence-electron chi connectivity index (χ1n) is 9.83. The molecule has 0 saturated carbocycles. The number of carboxylic acid groups (broad SMARTS) is 1. The van der Waals surface area contributed by atoms with Crippen LogP contribution in [0.2, 0.25) is 0 Å². The molecule has 0 fully saturated rings. The Bertz CT molecular complexity index is 1010. The van der Waals surface area contributed by atoms with E-state index < -0.39 is 5.97 Å². The molecule has 1 amide bonds. The molecule has 0 aliphatic carbocycles. The molecular formula is C25H25NO4. The molecular weight excluding hydrogens is 378 g/mol. The van der Waals surface area contributed by atoms with Gasteiger partial charge in [-0.3, -0.25) is 9.59 Å². The zero-order chi connectivity index (χ0) is 21.5. The highest BCUT2D eigenvalue weighted by atomic mass is 16.4. The summed E-state index contributed by atoms with van der Waals surface area (Å²) in [6.07, 6.45) is 1.22. The van der Waals surface area contributed by atoms with Crippen molar-refractivity contribution >= 4 is 11.9 Å². The number of hydrogen-bond acceptors (Lipinski definition) is 3. The van der Waals surface area contributed by atoms with Crippen molar-refractivity contribution in [2.24, 2.45) is 0 Å². The van der Waals surface area contributed by atoms with E-state index in [1.54, 1.807) is 24.1 Å². The van der Waals surface area contributed by atoms with Crippen LogP contribution in [0, 0.1) is 0 Å².